The number of nitrogens with zero attached hydrogens (tertiary/aromatic N) is 2. The Bertz CT molecular complexity index is 790. The molecule has 0 atom stereocenters. The third-order valence-corrected chi connectivity index (χ3v) is 3.25. The van der Waals surface area contributed by atoms with Crippen LogP contribution in [0.1, 0.15) is 11.1 Å². The van der Waals surface area contributed by atoms with Gasteiger partial charge in [0.1, 0.15) is 0 Å². The van der Waals surface area contributed by atoms with E-state index in [1.807, 2.05) is 35.8 Å². The summed E-state index contributed by atoms with van der Waals surface area (Å²) in [6, 6.07) is 15.4. The Kier molecular flexibility index (Phi) is 6.35. The molecule has 0 radical (unpaired) electrons. The fourth-order valence-electron chi connectivity index (χ4n) is 2.02. The van der Waals surface area contributed by atoms with E-state index in [-0.39, 0.29) is 11.3 Å². The molecule has 0 heterocycles. The van der Waals surface area contributed by atoms with E-state index in [1.54, 1.807) is 6.07 Å². The first-order chi connectivity index (χ1) is 12.1. The van der Waals surface area contributed by atoms with Crippen molar-refractivity contribution in [3.05, 3.63) is 75.8 Å². The number of hydrazone groups is 1. The lowest BCUT2D eigenvalue weighted by molar-refractivity contribution is -0.385. The lowest BCUT2D eigenvalue weighted by Gasteiger charge is -2.04. The number of nitro groups is 1. The predicted molar refractivity (Wildman–Crippen MR) is 92.0 cm³/mol. The summed E-state index contributed by atoms with van der Waals surface area (Å²) in [6.07, 6.45) is 1.71. The van der Waals surface area contributed by atoms with Crippen LogP contribution in [0.25, 0.3) is 0 Å². The van der Waals surface area contributed by atoms with Crippen LogP contribution in [0.4, 0.5) is 5.69 Å². The van der Waals surface area contributed by atoms with Crippen molar-refractivity contribution in [2.75, 3.05) is 6.54 Å². The predicted octanol–water partition coefficient (Wildman–Crippen LogP) is 1.40. The molecule has 0 spiro atoms. The third kappa shape index (κ3) is 5.54. The molecule has 2 aromatic carbocycles. The molecule has 0 saturated heterocycles. The van der Waals surface area contributed by atoms with Crippen LogP contribution >= 0.6 is 0 Å². The summed E-state index contributed by atoms with van der Waals surface area (Å²) in [6.45, 7) is 0.310. The van der Waals surface area contributed by atoms with E-state index in [2.05, 4.69) is 10.4 Å². The van der Waals surface area contributed by atoms with Crippen LogP contribution in [0.15, 0.2) is 59.7 Å². The average Bonchev–Trinajstić information content (AvgIpc) is 2.62. The van der Waals surface area contributed by atoms with Crippen molar-refractivity contribution in [2.24, 2.45) is 5.10 Å². The van der Waals surface area contributed by atoms with Gasteiger partial charge in [0.2, 0.25) is 0 Å². The van der Waals surface area contributed by atoms with Crippen LogP contribution < -0.4 is 10.7 Å². The van der Waals surface area contributed by atoms with E-state index in [0.29, 0.717) is 13.0 Å². The summed E-state index contributed by atoms with van der Waals surface area (Å²) in [5.41, 5.74) is 3.16. The van der Waals surface area contributed by atoms with Gasteiger partial charge < -0.3 is 5.32 Å². The van der Waals surface area contributed by atoms with Gasteiger partial charge in [-0.3, -0.25) is 19.7 Å². The molecule has 0 aromatic heterocycles. The third-order valence-electron chi connectivity index (χ3n) is 3.25. The number of para-hydroxylation sites is 1. The normalized spacial score (nSPS) is 10.4. The number of carbonyl (C=O) groups is 2. The summed E-state index contributed by atoms with van der Waals surface area (Å²) in [5.74, 6) is -1.77. The fraction of sp³-hybridized carbons (Fsp3) is 0.118. The van der Waals surface area contributed by atoms with Crippen molar-refractivity contribution in [1.82, 2.24) is 10.7 Å². The number of nitro benzene ring substituents is 1. The lowest BCUT2D eigenvalue weighted by Crippen LogP contribution is -2.38. The maximum absolute atomic E-state index is 11.6. The zero-order chi connectivity index (χ0) is 18.1. The van der Waals surface area contributed by atoms with Crippen molar-refractivity contribution in [1.29, 1.82) is 0 Å². The van der Waals surface area contributed by atoms with Crippen LogP contribution in [0, 0.1) is 10.1 Å². The Balaban J connectivity index is 1.81. The highest BCUT2D eigenvalue weighted by Gasteiger charge is 2.13. The molecule has 2 amide bonds. The van der Waals surface area contributed by atoms with E-state index in [0.717, 1.165) is 11.8 Å². The molecular formula is C17H16N4O4. The molecule has 8 heteroatoms. The van der Waals surface area contributed by atoms with Crippen molar-refractivity contribution in [3.63, 3.8) is 0 Å². The molecule has 0 aliphatic rings. The molecule has 0 fully saturated rings. The maximum atomic E-state index is 11.6. The topological polar surface area (TPSA) is 114 Å². The van der Waals surface area contributed by atoms with E-state index in [4.69, 9.17) is 0 Å². The van der Waals surface area contributed by atoms with Gasteiger partial charge in [0.25, 0.3) is 5.69 Å². The van der Waals surface area contributed by atoms with Gasteiger partial charge in [0, 0.05) is 12.6 Å². The molecular weight excluding hydrogens is 324 g/mol. The number of benzene rings is 2. The van der Waals surface area contributed by atoms with Gasteiger partial charge in [0.15, 0.2) is 0 Å². The van der Waals surface area contributed by atoms with Gasteiger partial charge in [-0.25, -0.2) is 5.43 Å². The summed E-state index contributed by atoms with van der Waals surface area (Å²) in [5, 5.41) is 16.9. The van der Waals surface area contributed by atoms with Gasteiger partial charge >= 0.3 is 11.8 Å². The first kappa shape index (κ1) is 17.8. The Morgan fingerprint density at radius 1 is 1.04 bits per heavy atom. The Hall–Kier alpha value is -3.55. The van der Waals surface area contributed by atoms with E-state index < -0.39 is 16.7 Å². The second-order valence-electron chi connectivity index (χ2n) is 5.01. The zero-order valence-corrected chi connectivity index (χ0v) is 13.2. The van der Waals surface area contributed by atoms with Crippen molar-refractivity contribution >= 4 is 23.7 Å². The Morgan fingerprint density at radius 2 is 1.72 bits per heavy atom. The fourth-order valence-corrected chi connectivity index (χ4v) is 2.02. The highest BCUT2D eigenvalue weighted by atomic mass is 16.6. The molecule has 0 unspecified atom stereocenters. The van der Waals surface area contributed by atoms with Crippen molar-refractivity contribution < 1.29 is 14.5 Å². The first-order valence-corrected chi connectivity index (χ1v) is 7.46. The van der Waals surface area contributed by atoms with Crippen LogP contribution in [0.5, 0.6) is 0 Å². The average molecular weight is 340 g/mol. The molecule has 0 aliphatic carbocycles. The molecule has 0 saturated carbocycles. The summed E-state index contributed by atoms with van der Waals surface area (Å²) >= 11 is 0. The zero-order valence-electron chi connectivity index (χ0n) is 13.2. The molecule has 25 heavy (non-hydrogen) atoms. The molecule has 128 valence electrons. The number of rotatable bonds is 6. The molecule has 2 N–H and O–H groups in total. The molecule has 8 nitrogen and oxygen atoms in total. The minimum atomic E-state index is -0.942. The Labute approximate surface area is 143 Å². The monoisotopic (exact) mass is 340 g/mol. The maximum Gasteiger partial charge on any atom is 0.329 e. The number of nitrogens with one attached hydrogen (secondary N) is 2. The second-order valence-corrected chi connectivity index (χ2v) is 5.01. The number of hydrogen-bond acceptors (Lipinski definition) is 5. The first-order valence-electron chi connectivity index (χ1n) is 7.46. The van der Waals surface area contributed by atoms with Gasteiger partial charge in [0.05, 0.1) is 16.7 Å². The van der Waals surface area contributed by atoms with E-state index >= 15 is 0 Å². The largest absolute Gasteiger partial charge is 0.347 e. The minimum Gasteiger partial charge on any atom is -0.347 e. The smallest absolute Gasteiger partial charge is 0.329 e. The van der Waals surface area contributed by atoms with Crippen LogP contribution in [0.2, 0.25) is 0 Å². The summed E-state index contributed by atoms with van der Waals surface area (Å²) in [4.78, 5) is 33.6. The second kappa shape index (κ2) is 8.92. The summed E-state index contributed by atoms with van der Waals surface area (Å²) < 4.78 is 0. The van der Waals surface area contributed by atoms with Crippen LogP contribution in [-0.2, 0) is 16.0 Å². The highest BCUT2D eigenvalue weighted by molar-refractivity contribution is 6.35. The molecule has 2 rings (SSSR count). The van der Waals surface area contributed by atoms with Gasteiger partial charge in [-0.05, 0) is 18.1 Å². The van der Waals surface area contributed by atoms with Crippen LogP contribution in [-0.4, -0.2) is 29.5 Å². The standard InChI is InChI=1S/C17H16N4O4/c22-16(18-11-10-13-6-2-1-3-7-13)17(23)20-19-12-14-8-4-5-9-15(14)21(24)25/h1-9,12H,10-11H2,(H,18,22)(H,20,23)/b19-12-. The lowest BCUT2D eigenvalue weighted by atomic mass is 10.1. The van der Waals surface area contributed by atoms with Crippen LogP contribution in [0.3, 0.4) is 0 Å². The van der Waals surface area contributed by atoms with Gasteiger partial charge in [-0.2, -0.15) is 5.10 Å². The van der Waals surface area contributed by atoms with Gasteiger partial charge in [-0.15, -0.1) is 0 Å². The van der Waals surface area contributed by atoms with E-state index in [1.165, 1.54) is 18.2 Å². The SMILES string of the molecule is O=C(NCCc1ccccc1)C(=O)N/N=C\c1ccccc1[N+](=O)[O-]. The quantitative estimate of drug-likeness (QED) is 0.358. The highest BCUT2D eigenvalue weighted by Crippen LogP contribution is 2.14. The molecule has 0 bridgehead atoms. The number of hydrogen-bond donors (Lipinski definition) is 2. The molecule has 2 aromatic rings. The van der Waals surface area contributed by atoms with Crippen molar-refractivity contribution in [2.45, 2.75) is 6.42 Å². The molecule has 0 aliphatic heterocycles. The number of carbonyl (C=O) groups excluding carboxylic acids is 2. The Morgan fingerprint density at radius 3 is 2.44 bits per heavy atom. The van der Waals surface area contributed by atoms with Crippen molar-refractivity contribution in [3.8, 4) is 0 Å². The minimum absolute atomic E-state index is 0.146. The van der Waals surface area contributed by atoms with Gasteiger partial charge in [-0.1, -0.05) is 42.5 Å². The number of amides is 2. The summed E-state index contributed by atoms with van der Waals surface area (Å²) in [7, 11) is 0. The van der Waals surface area contributed by atoms with E-state index in [9.17, 15) is 19.7 Å².